The molecule has 0 amide bonds. The number of hydrogen-bond donors (Lipinski definition) is 0. The number of benzene rings is 1. The van der Waals surface area contributed by atoms with Gasteiger partial charge in [0.15, 0.2) is 0 Å². The molecule has 7 heteroatoms. The second kappa shape index (κ2) is 5.09. The first-order valence-corrected chi connectivity index (χ1v) is 5.03. The van der Waals surface area contributed by atoms with Crippen molar-refractivity contribution in [2.24, 2.45) is 0 Å². The van der Waals surface area contributed by atoms with E-state index in [2.05, 4.69) is 16.7 Å². The lowest BCUT2D eigenvalue weighted by molar-refractivity contribution is -0.384. The third-order valence-corrected chi connectivity index (χ3v) is 2.06. The summed E-state index contributed by atoms with van der Waals surface area (Å²) >= 11 is 0. The summed E-state index contributed by atoms with van der Waals surface area (Å²) in [6.45, 7) is 3.77. The molecule has 0 unspecified atom stereocenters. The van der Waals surface area contributed by atoms with Gasteiger partial charge in [-0.3, -0.25) is 10.1 Å². The highest BCUT2D eigenvalue weighted by molar-refractivity contribution is 5.55. The van der Waals surface area contributed by atoms with Gasteiger partial charge < -0.3 is 9.26 Å². The number of rotatable bonds is 5. The van der Waals surface area contributed by atoms with E-state index < -0.39 is 4.92 Å². The molecule has 2 rings (SSSR count). The van der Waals surface area contributed by atoms with Crippen LogP contribution in [-0.4, -0.2) is 21.7 Å². The average molecular weight is 247 g/mol. The molecule has 0 aliphatic carbocycles. The monoisotopic (exact) mass is 247 g/mol. The van der Waals surface area contributed by atoms with E-state index in [4.69, 9.17) is 9.26 Å². The lowest BCUT2D eigenvalue weighted by atomic mass is 10.2. The van der Waals surface area contributed by atoms with Crippen LogP contribution in [0.15, 0.2) is 41.4 Å². The fraction of sp³-hybridized carbons (Fsp3) is 0.0909. The minimum atomic E-state index is -0.476. The number of nitro benzene ring substituents is 1. The van der Waals surface area contributed by atoms with Crippen molar-refractivity contribution >= 4 is 5.69 Å². The first kappa shape index (κ1) is 11.8. The largest absolute Gasteiger partial charge is 0.457 e. The molecule has 7 nitrogen and oxygen atoms in total. The molecule has 0 aliphatic heterocycles. The van der Waals surface area contributed by atoms with Crippen LogP contribution in [0.5, 0.6) is 6.01 Å². The summed E-state index contributed by atoms with van der Waals surface area (Å²) in [5, 5.41) is 14.1. The summed E-state index contributed by atoms with van der Waals surface area (Å²) in [7, 11) is 0. The zero-order valence-corrected chi connectivity index (χ0v) is 9.28. The highest BCUT2D eigenvalue weighted by atomic mass is 16.6. The van der Waals surface area contributed by atoms with Gasteiger partial charge in [-0.05, 0) is 17.3 Å². The number of aromatic nitrogens is 2. The summed E-state index contributed by atoms with van der Waals surface area (Å²) in [5.74, 6) is 0.240. The number of non-ortho nitro benzene ring substituents is 1. The molecule has 0 saturated heterocycles. The maximum absolute atomic E-state index is 10.5. The summed E-state index contributed by atoms with van der Waals surface area (Å²) in [4.78, 5) is 14.0. The molecule has 0 bridgehead atoms. The number of nitro groups is 1. The van der Waals surface area contributed by atoms with E-state index in [0.29, 0.717) is 5.56 Å². The van der Waals surface area contributed by atoms with Gasteiger partial charge in [-0.15, -0.1) is 0 Å². The van der Waals surface area contributed by atoms with Crippen LogP contribution in [0, 0.1) is 10.1 Å². The average Bonchev–Trinajstić information content (AvgIpc) is 2.85. The molecule has 0 spiro atoms. The molecule has 92 valence electrons. The molecule has 0 saturated carbocycles. The topological polar surface area (TPSA) is 91.3 Å². The third kappa shape index (κ3) is 2.51. The maximum atomic E-state index is 10.5. The molecule has 0 radical (unpaired) electrons. The van der Waals surface area contributed by atoms with Crippen LogP contribution in [0.4, 0.5) is 5.69 Å². The molecular weight excluding hydrogens is 238 g/mol. The van der Waals surface area contributed by atoms with Crippen molar-refractivity contribution in [2.45, 2.75) is 0 Å². The van der Waals surface area contributed by atoms with Crippen molar-refractivity contribution in [1.29, 1.82) is 0 Å². The van der Waals surface area contributed by atoms with Gasteiger partial charge in [-0.2, -0.15) is 4.98 Å². The Morgan fingerprint density at radius 1 is 1.44 bits per heavy atom. The zero-order valence-electron chi connectivity index (χ0n) is 9.28. The van der Waals surface area contributed by atoms with Crippen LogP contribution in [0.25, 0.3) is 11.5 Å². The molecule has 1 aromatic carbocycles. The SMILES string of the molecule is C=CCOc1noc(-c2ccc([N+](=O)[O-])cc2)n1. The molecule has 0 aliphatic rings. The lowest BCUT2D eigenvalue weighted by Crippen LogP contribution is -1.93. The van der Waals surface area contributed by atoms with Gasteiger partial charge in [0.25, 0.3) is 11.6 Å². The Balaban J connectivity index is 2.18. The molecule has 2 aromatic rings. The van der Waals surface area contributed by atoms with Gasteiger partial charge >= 0.3 is 6.01 Å². The molecule has 1 heterocycles. The van der Waals surface area contributed by atoms with Gasteiger partial charge in [0.1, 0.15) is 6.61 Å². The Morgan fingerprint density at radius 3 is 2.78 bits per heavy atom. The van der Waals surface area contributed by atoms with Crippen LogP contribution in [0.2, 0.25) is 0 Å². The molecule has 1 aromatic heterocycles. The summed E-state index contributed by atoms with van der Waals surface area (Å²) in [6.07, 6.45) is 1.56. The van der Waals surface area contributed by atoms with E-state index in [1.165, 1.54) is 24.3 Å². The zero-order chi connectivity index (χ0) is 13.0. The first-order valence-electron chi connectivity index (χ1n) is 5.03. The van der Waals surface area contributed by atoms with Gasteiger partial charge in [0.05, 0.1) is 4.92 Å². The van der Waals surface area contributed by atoms with Crippen LogP contribution in [0.1, 0.15) is 0 Å². The van der Waals surface area contributed by atoms with Crippen molar-refractivity contribution in [3.8, 4) is 17.5 Å². The number of nitrogens with zero attached hydrogens (tertiary/aromatic N) is 3. The van der Waals surface area contributed by atoms with E-state index in [9.17, 15) is 10.1 Å². The standard InChI is InChI=1S/C11H9N3O4/c1-2-7-17-11-12-10(18-13-11)8-3-5-9(6-4-8)14(15)16/h2-6H,1,7H2. The Morgan fingerprint density at radius 2 is 2.17 bits per heavy atom. The Kier molecular flexibility index (Phi) is 3.33. The minimum Gasteiger partial charge on any atom is -0.457 e. The predicted molar refractivity (Wildman–Crippen MR) is 62.1 cm³/mol. The number of ether oxygens (including phenoxy) is 1. The van der Waals surface area contributed by atoms with E-state index >= 15 is 0 Å². The molecule has 0 fully saturated rings. The summed E-state index contributed by atoms with van der Waals surface area (Å²) < 4.78 is 10.0. The van der Waals surface area contributed by atoms with Gasteiger partial charge in [0, 0.05) is 17.7 Å². The predicted octanol–water partition coefficient (Wildman–Crippen LogP) is 2.21. The van der Waals surface area contributed by atoms with Crippen molar-refractivity contribution in [3.63, 3.8) is 0 Å². The molecule has 18 heavy (non-hydrogen) atoms. The van der Waals surface area contributed by atoms with Gasteiger partial charge in [-0.1, -0.05) is 12.7 Å². The second-order valence-electron chi connectivity index (χ2n) is 3.29. The van der Waals surface area contributed by atoms with Crippen LogP contribution in [-0.2, 0) is 0 Å². The Bertz CT molecular complexity index is 562. The van der Waals surface area contributed by atoms with Crippen molar-refractivity contribution in [3.05, 3.63) is 47.0 Å². The quantitative estimate of drug-likeness (QED) is 0.457. The number of hydrogen-bond acceptors (Lipinski definition) is 6. The van der Waals surface area contributed by atoms with Crippen LogP contribution in [0.3, 0.4) is 0 Å². The first-order chi connectivity index (χ1) is 8.70. The maximum Gasteiger partial charge on any atom is 0.354 e. The Labute approximate surface area is 102 Å². The lowest BCUT2D eigenvalue weighted by Gasteiger charge is -1.94. The van der Waals surface area contributed by atoms with E-state index in [0.717, 1.165) is 0 Å². The summed E-state index contributed by atoms with van der Waals surface area (Å²) in [5.41, 5.74) is 0.586. The second-order valence-corrected chi connectivity index (χ2v) is 3.29. The fourth-order valence-electron chi connectivity index (χ4n) is 1.25. The smallest absolute Gasteiger partial charge is 0.354 e. The normalized spacial score (nSPS) is 10.0. The van der Waals surface area contributed by atoms with Crippen molar-refractivity contribution in [2.75, 3.05) is 6.61 Å². The molecule has 0 atom stereocenters. The van der Waals surface area contributed by atoms with Gasteiger partial charge in [0.2, 0.25) is 0 Å². The van der Waals surface area contributed by atoms with E-state index in [1.807, 2.05) is 0 Å². The highest BCUT2D eigenvalue weighted by Gasteiger charge is 2.11. The minimum absolute atomic E-state index is 0.00129. The van der Waals surface area contributed by atoms with Crippen LogP contribution < -0.4 is 4.74 Å². The highest BCUT2D eigenvalue weighted by Crippen LogP contribution is 2.22. The third-order valence-electron chi connectivity index (χ3n) is 2.06. The summed E-state index contributed by atoms with van der Waals surface area (Å²) in [6, 6.07) is 5.89. The molecule has 0 N–H and O–H groups in total. The van der Waals surface area contributed by atoms with Crippen molar-refractivity contribution < 1.29 is 14.2 Å². The van der Waals surface area contributed by atoms with Crippen LogP contribution >= 0.6 is 0 Å². The Hall–Kier alpha value is -2.70. The van der Waals surface area contributed by atoms with Crippen molar-refractivity contribution in [1.82, 2.24) is 10.1 Å². The fourth-order valence-corrected chi connectivity index (χ4v) is 1.25. The van der Waals surface area contributed by atoms with Gasteiger partial charge in [-0.25, -0.2) is 0 Å². The molecular formula is C11H9N3O4. The van der Waals surface area contributed by atoms with E-state index in [-0.39, 0.29) is 24.2 Å². The van der Waals surface area contributed by atoms with E-state index in [1.54, 1.807) is 6.08 Å².